The zero-order chi connectivity index (χ0) is 23.4. The van der Waals surface area contributed by atoms with Crippen molar-refractivity contribution in [3.8, 4) is 0 Å². The normalized spacial score (nSPS) is 29.6. The number of aliphatic hydroxyl groups excluding tert-OH is 1. The van der Waals surface area contributed by atoms with Gasteiger partial charge in [-0.1, -0.05) is 26.7 Å². The van der Waals surface area contributed by atoms with Crippen molar-refractivity contribution in [2.75, 3.05) is 6.61 Å². The summed E-state index contributed by atoms with van der Waals surface area (Å²) in [6, 6.07) is 0. The first-order chi connectivity index (χ1) is 13.7. The van der Waals surface area contributed by atoms with Crippen LogP contribution in [0.15, 0.2) is 0 Å². The van der Waals surface area contributed by atoms with Crippen LogP contribution < -0.4 is 10.6 Å². The molecular weight excluding hydrogens is 388 g/mol. The standard InChI is InChI=1S/C11H21NO3.C11H19NO3/c2*1-5-8-6-11(8,7-13)12-9(14)15-10(2,3)4/h8,13H,5-7H2,1-4H3,(H,12,14);7-8H,5-6H2,1-4H3,(H,12,14)/t2*8-,11-/m11/s1. The second-order valence-electron chi connectivity index (χ2n) is 10.3. The molecule has 0 aromatic carbocycles. The highest BCUT2D eigenvalue weighted by molar-refractivity contribution is 5.80. The molecule has 2 aliphatic carbocycles. The van der Waals surface area contributed by atoms with Gasteiger partial charge < -0.3 is 30.0 Å². The molecule has 8 nitrogen and oxygen atoms in total. The Kier molecular flexibility index (Phi) is 8.33. The van der Waals surface area contributed by atoms with Crippen LogP contribution in [-0.2, 0) is 14.3 Å². The van der Waals surface area contributed by atoms with Crippen LogP contribution in [0.25, 0.3) is 0 Å². The molecule has 2 fully saturated rings. The van der Waals surface area contributed by atoms with Gasteiger partial charge in [-0.15, -0.1) is 0 Å². The lowest BCUT2D eigenvalue weighted by molar-refractivity contribution is -0.110. The molecule has 0 radical (unpaired) electrons. The molecule has 2 rings (SSSR count). The van der Waals surface area contributed by atoms with E-state index in [1.807, 2.05) is 27.7 Å². The summed E-state index contributed by atoms with van der Waals surface area (Å²) in [4.78, 5) is 33.8. The van der Waals surface area contributed by atoms with Crippen molar-refractivity contribution in [3.63, 3.8) is 0 Å². The Morgan fingerprint density at radius 1 is 0.933 bits per heavy atom. The number of aliphatic hydroxyl groups is 1. The average molecular weight is 429 g/mol. The Labute approximate surface area is 180 Å². The quantitative estimate of drug-likeness (QED) is 0.558. The highest BCUT2D eigenvalue weighted by Gasteiger charge is 2.55. The molecule has 30 heavy (non-hydrogen) atoms. The summed E-state index contributed by atoms with van der Waals surface area (Å²) in [5, 5.41) is 14.6. The number of amides is 2. The summed E-state index contributed by atoms with van der Waals surface area (Å²) in [6.45, 7) is 14.9. The first-order valence-electron chi connectivity index (χ1n) is 10.8. The highest BCUT2D eigenvalue weighted by Crippen LogP contribution is 2.45. The van der Waals surface area contributed by atoms with Crippen LogP contribution in [0.1, 0.15) is 81.1 Å². The maximum atomic E-state index is 11.5. The summed E-state index contributed by atoms with van der Waals surface area (Å²) in [5.41, 5.74) is -2.09. The molecule has 8 heteroatoms. The molecule has 0 aromatic heterocycles. The second kappa shape index (κ2) is 9.54. The lowest BCUT2D eigenvalue weighted by Gasteiger charge is -2.23. The molecule has 3 N–H and O–H groups in total. The molecular formula is C22H40N2O6. The van der Waals surface area contributed by atoms with E-state index in [0.717, 1.165) is 32.0 Å². The topological polar surface area (TPSA) is 114 Å². The second-order valence-corrected chi connectivity index (χ2v) is 10.3. The number of aldehydes is 1. The van der Waals surface area contributed by atoms with Crippen LogP contribution in [-0.4, -0.2) is 52.5 Å². The molecule has 2 amide bonds. The summed E-state index contributed by atoms with van der Waals surface area (Å²) in [5.74, 6) is 0.650. The van der Waals surface area contributed by atoms with Crippen molar-refractivity contribution in [1.82, 2.24) is 10.6 Å². The monoisotopic (exact) mass is 428 g/mol. The van der Waals surface area contributed by atoms with Crippen LogP contribution in [0.3, 0.4) is 0 Å². The third-order valence-corrected chi connectivity index (χ3v) is 5.35. The molecule has 0 bridgehead atoms. The van der Waals surface area contributed by atoms with Gasteiger partial charge in [0, 0.05) is 0 Å². The Hall–Kier alpha value is -1.83. The predicted octanol–water partition coefficient (Wildman–Crippen LogP) is 3.55. The Morgan fingerprint density at radius 2 is 1.40 bits per heavy atom. The van der Waals surface area contributed by atoms with Crippen LogP contribution in [0.2, 0.25) is 0 Å². The minimum Gasteiger partial charge on any atom is -0.444 e. The molecule has 0 unspecified atom stereocenters. The third-order valence-electron chi connectivity index (χ3n) is 5.35. The maximum Gasteiger partial charge on any atom is 0.408 e. The van der Waals surface area contributed by atoms with E-state index in [0.29, 0.717) is 5.92 Å². The van der Waals surface area contributed by atoms with E-state index in [4.69, 9.17) is 9.47 Å². The van der Waals surface area contributed by atoms with E-state index in [1.54, 1.807) is 20.8 Å². The fraction of sp³-hybridized carbons (Fsp3) is 0.864. The molecule has 0 aromatic rings. The van der Waals surface area contributed by atoms with Crippen molar-refractivity contribution in [1.29, 1.82) is 0 Å². The number of carbonyl (C=O) groups is 3. The van der Waals surface area contributed by atoms with E-state index >= 15 is 0 Å². The molecule has 174 valence electrons. The Balaban J connectivity index is 0.000000300. The smallest absolute Gasteiger partial charge is 0.408 e. The van der Waals surface area contributed by atoms with Gasteiger partial charge in [0.1, 0.15) is 23.0 Å². The molecule has 2 saturated carbocycles. The SMILES string of the molecule is CC[C@@H]1C[C@]1(C=O)NC(=O)OC(C)(C)C.CC[C@@H]1C[C@]1(CO)NC(=O)OC(C)(C)C. The number of alkyl carbamates (subject to hydrolysis) is 2. The van der Waals surface area contributed by atoms with E-state index in [1.165, 1.54) is 0 Å². The first-order valence-corrected chi connectivity index (χ1v) is 10.8. The summed E-state index contributed by atoms with van der Waals surface area (Å²) < 4.78 is 10.2. The molecule has 0 heterocycles. The maximum absolute atomic E-state index is 11.5. The van der Waals surface area contributed by atoms with E-state index < -0.39 is 34.5 Å². The van der Waals surface area contributed by atoms with Crippen molar-refractivity contribution in [2.45, 2.75) is 103 Å². The fourth-order valence-electron chi connectivity index (χ4n) is 3.49. The number of hydrogen-bond donors (Lipinski definition) is 3. The van der Waals surface area contributed by atoms with Crippen LogP contribution >= 0.6 is 0 Å². The number of carbonyl (C=O) groups excluding carboxylic acids is 3. The zero-order valence-electron chi connectivity index (χ0n) is 19.8. The van der Waals surface area contributed by atoms with E-state index in [9.17, 15) is 19.5 Å². The molecule has 4 atom stereocenters. The van der Waals surface area contributed by atoms with Gasteiger partial charge in [-0.2, -0.15) is 0 Å². The summed E-state index contributed by atoms with van der Waals surface area (Å²) >= 11 is 0. The van der Waals surface area contributed by atoms with Gasteiger partial charge in [-0.05, 0) is 66.2 Å². The number of rotatable bonds is 6. The Morgan fingerprint density at radius 3 is 1.70 bits per heavy atom. The predicted molar refractivity (Wildman–Crippen MR) is 114 cm³/mol. The van der Waals surface area contributed by atoms with Gasteiger partial charge in [0.25, 0.3) is 0 Å². The van der Waals surface area contributed by atoms with Gasteiger partial charge in [0.05, 0.1) is 12.1 Å². The van der Waals surface area contributed by atoms with Crippen LogP contribution in [0.5, 0.6) is 0 Å². The van der Waals surface area contributed by atoms with Crippen molar-refractivity contribution >= 4 is 18.5 Å². The van der Waals surface area contributed by atoms with E-state index in [-0.39, 0.29) is 12.5 Å². The molecule has 0 saturated heterocycles. The summed E-state index contributed by atoms with van der Waals surface area (Å²) in [6.07, 6.45) is 3.32. The molecule has 2 aliphatic rings. The van der Waals surface area contributed by atoms with E-state index in [2.05, 4.69) is 17.6 Å². The lowest BCUT2D eigenvalue weighted by atomic mass is 10.2. The highest BCUT2D eigenvalue weighted by atomic mass is 16.6. The van der Waals surface area contributed by atoms with Gasteiger partial charge in [-0.3, -0.25) is 0 Å². The van der Waals surface area contributed by atoms with Crippen molar-refractivity contribution in [2.24, 2.45) is 11.8 Å². The third kappa shape index (κ3) is 7.78. The first kappa shape index (κ1) is 26.2. The Bertz CT molecular complexity index is 624. The minimum absolute atomic E-state index is 0.00918. The van der Waals surface area contributed by atoms with Crippen LogP contribution in [0.4, 0.5) is 9.59 Å². The van der Waals surface area contributed by atoms with Gasteiger partial charge in [0.15, 0.2) is 0 Å². The molecule has 0 spiro atoms. The molecule has 0 aliphatic heterocycles. The van der Waals surface area contributed by atoms with Crippen molar-refractivity contribution < 1.29 is 29.0 Å². The van der Waals surface area contributed by atoms with Gasteiger partial charge in [0.2, 0.25) is 0 Å². The van der Waals surface area contributed by atoms with Crippen LogP contribution in [0, 0.1) is 11.8 Å². The van der Waals surface area contributed by atoms with Crippen molar-refractivity contribution in [3.05, 3.63) is 0 Å². The lowest BCUT2D eigenvalue weighted by Crippen LogP contribution is -2.44. The fourth-order valence-corrected chi connectivity index (χ4v) is 3.49. The largest absolute Gasteiger partial charge is 0.444 e. The zero-order valence-corrected chi connectivity index (χ0v) is 19.8. The number of nitrogens with one attached hydrogen (secondary N) is 2. The van der Waals surface area contributed by atoms with Gasteiger partial charge in [-0.25, -0.2) is 9.59 Å². The minimum atomic E-state index is -0.656. The van der Waals surface area contributed by atoms with Gasteiger partial charge >= 0.3 is 12.2 Å². The average Bonchev–Trinajstić information content (AvgIpc) is 3.47. The summed E-state index contributed by atoms with van der Waals surface area (Å²) in [7, 11) is 0. The number of ether oxygens (including phenoxy) is 2. The number of hydrogen-bond acceptors (Lipinski definition) is 6.